The molecule has 8 heteroatoms. The summed E-state index contributed by atoms with van der Waals surface area (Å²) < 4.78 is 1.83. The van der Waals surface area contributed by atoms with Crippen LogP contribution in [0, 0.1) is 0 Å². The first kappa shape index (κ1) is 15.7. The summed E-state index contributed by atoms with van der Waals surface area (Å²) in [6, 6.07) is 3.92. The van der Waals surface area contributed by atoms with Crippen molar-refractivity contribution in [2.45, 2.75) is 32.4 Å². The monoisotopic (exact) mass is 333 g/mol. The molecule has 1 atom stereocenters. The number of hydrogen-bond acceptors (Lipinski definition) is 5. The second kappa shape index (κ2) is 6.91. The van der Waals surface area contributed by atoms with Gasteiger partial charge in [0.2, 0.25) is 5.91 Å². The van der Waals surface area contributed by atoms with E-state index in [4.69, 9.17) is 0 Å². The van der Waals surface area contributed by atoms with Crippen molar-refractivity contribution < 1.29 is 9.59 Å². The second-order valence-electron chi connectivity index (χ2n) is 5.60. The minimum absolute atomic E-state index is 0.0499. The first-order valence-corrected chi connectivity index (χ1v) is 8.41. The van der Waals surface area contributed by atoms with Gasteiger partial charge in [-0.15, -0.1) is 11.3 Å². The van der Waals surface area contributed by atoms with E-state index in [-0.39, 0.29) is 17.9 Å². The zero-order valence-corrected chi connectivity index (χ0v) is 13.8. The van der Waals surface area contributed by atoms with Gasteiger partial charge in [-0.3, -0.25) is 9.59 Å². The molecule has 3 heterocycles. The molecule has 3 rings (SSSR count). The first-order valence-electron chi connectivity index (χ1n) is 7.60. The normalized spacial score (nSPS) is 18.0. The minimum atomic E-state index is -0.0713. The molecule has 0 aliphatic carbocycles. The molecule has 7 nitrogen and oxygen atoms in total. The summed E-state index contributed by atoms with van der Waals surface area (Å²) in [4.78, 5) is 31.2. The van der Waals surface area contributed by atoms with Crippen LogP contribution in [0.1, 0.15) is 40.4 Å². The van der Waals surface area contributed by atoms with Crippen LogP contribution in [0.2, 0.25) is 0 Å². The van der Waals surface area contributed by atoms with Crippen LogP contribution in [-0.2, 0) is 11.3 Å². The summed E-state index contributed by atoms with van der Waals surface area (Å²) >= 11 is 1.43. The Morgan fingerprint density at radius 2 is 2.30 bits per heavy atom. The van der Waals surface area contributed by atoms with Crippen molar-refractivity contribution in [2.24, 2.45) is 0 Å². The molecule has 2 aromatic heterocycles. The van der Waals surface area contributed by atoms with Gasteiger partial charge in [-0.05, 0) is 25.0 Å². The molecule has 0 saturated carbocycles. The Morgan fingerprint density at radius 3 is 3.04 bits per heavy atom. The molecule has 1 saturated heterocycles. The minimum Gasteiger partial charge on any atom is -0.351 e. The van der Waals surface area contributed by atoms with Crippen LogP contribution in [-0.4, -0.2) is 44.6 Å². The number of nitrogens with one attached hydrogen (secondary N) is 1. The van der Waals surface area contributed by atoms with Gasteiger partial charge in [-0.25, -0.2) is 9.67 Å². The van der Waals surface area contributed by atoms with E-state index in [0.29, 0.717) is 18.0 Å². The molecule has 0 aromatic carbocycles. The van der Waals surface area contributed by atoms with Crippen LogP contribution in [0.5, 0.6) is 0 Å². The Labute approximate surface area is 138 Å². The fraction of sp³-hybridized carbons (Fsp3) is 0.467. The van der Waals surface area contributed by atoms with Gasteiger partial charge in [0.05, 0.1) is 17.5 Å². The first-order chi connectivity index (χ1) is 11.1. The van der Waals surface area contributed by atoms with E-state index in [1.807, 2.05) is 21.7 Å². The summed E-state index contributed by atoms with van der Waals surface area (Å²) in [5, 5.41) is 6.93. The number of rotatable bonds is 4. The highest BCUT2D eigenvalue weighted by atomic mass is 32.1. The summed E-state index contributed by atoms with van der Waals surface area (Å²) in [6.45, 7) is 3.37. The maximum atomic E-state index is 12.7. The third-order valence-electron chi connectivity index (χ3n) is 3.88. The van der Waals surface area contributed by atoms with Crippen molar-refractivity contribution in [3.8, 4) is 0 Å². The van der Waals surface area contributed by atoms with E-state index in [2.05, 4.69) is 15.4 Å². The summed E-state index contributed by atoms with van der Waals surface area (Å²) in [5.41, 5.74) is 0. The van der Waals surface area contributed by atoms with Gasteiger partial charge in [0.25, 0.3) is 5.91 Å². The molecule has 1 aliphatic heterocycles. The van der Waals surface area contributed by atoms with Crippen molar-refractivity contribution >= 4 is 23.2 Å². The largest absolute Gasteiger partial charge is 0.351 e. The van der Waals surface area contributed by atoms with E-state index >= 15 is 0 Å². The number of likely N-dealkylation sites (tertiary alicyclic amines) is 1. The van der Waals surface area contributed by atoms with E-state index in [1.165, 1.54) is 24.6 Å². The van der Waals surface area contributed by atoms with Gasteiger partial charge in [-0.1, -0.05) is 0 Å². The van der Waals surface area contributed by atoms with Gasteiger partial charge in [0.1, 0.15) is 12.7 Å². The highest BCUT2D eigenvalue weighted by Gasteiger charge is 2.26. The topological polar surface area (TPSA) is 80.1 Å². The zero-order valence-electron chi connectivity index (χ0n) is 12.9. The lowest BCUT2D eigenvalue weighted by atomic mass is 10.1. The molecular formula is C15H19N5O2S. The number of aromatic nitrogens is 3. The molecule has 122 valence electrons. The van der Waals surface area contributed by atoms with Crippen LogP contribution >= 0.6 is 11.3 Å². The van der Waals surface area contributed by atoms with Crippen molar-refractivity contribution in [1.82, 2.24) is 25.0 Å². The van der Waals surface area contributed by atoms with Crippen molar-refractivity contribution in [3.63, 3.8) is 0 Å². The van der Waals surface area contributed by atoms with Crippen molar-refractivity contribution in [2.75, 3.05) is 13.1 Å². The molecular weight excluding hydrogens is 314 g/mol. The van der Waals surface area contributed by atoms with Crippen LogP contribution in [0.4, 0.5) is 0 Å². The Hall–Kier alpha value is -2.22. The standard InChI is InChI=1S/C15H19N5O2S/c1-11(21)17-7-13-4-5-14(23-13)15(22)19-6-2-3-12(8-19)20-10-16-9-18-20/h4-5,9-10,12H,2-3,6-8H2,1H3,(H,17,21)/t12-/m1/s1. The van der Waals surface area contributed by atoms with Gasteiger partial charge in [0.15, 0.2) is 0 Å². The van der Waals surface area contributed by atoms with E-state index in [0.717, 1.165) is 24.3 Å². The number of carbonyl (C=O) groups is 2. The number of amides is 2. The Balaban J connectivity index is 1.64. The van der Waals surface area contributed by atoms with E-state index in [1.54, 1.807) is 6.33 Å². The summed E-state index contributed by atoms with van der Waals surface area (Å²) in [6.07, 6.45) is 5.19. The number of piperidine rings is 1. The third-order valence-corrected chi connectivity index (χ3v) is 4.95. The Morgan fingerprint density at radius 1 is 1.43 bits per heavy atom. The zero-order chi connectivity index (χ0) is 16.2. The lowest BCUT2D eigenvalue weighted by Crippen LogP contribution is -2.40. The van der Waals surface area contributed by atoms with Gasteiger partial charge in [-0.2, -0.15) is 5.10 Å². The predicted molar refractivity (Wildman–Crippen MR) is 86.0 cm³/mol. The third kappa shape index (κ3) is 3.76. The van der Waals surface area contributed by atoms with Crippen molar-refractivity contribution in [3.05, 3.63) is 34.5 Å². The smallest absolute Gasteiger partial charge is 0.264 e. The molecule has 2 aromatic rings. The Kier molecular flexibility index (Phi) is 4.71. The fourth-order valence-electron chi connectivity index (χ4n) is 2.72. The summed E-state index contributed by atoms with van der Waals surface area (Å²) in [7, 11) is 0. The number of nitrogens with zero attached hydrogens (tertiary/aromatic N) is 4. The summed E-state index contributed by atoms with van der Waals surface area (Å²) in [5.74, 6) is -0.0214. The maximum Gasteiger partial charge on any atom is 0.264 e. The molecule has 0 unspecified atom stereocenters. The molecule has 1 fully saturated rings. The number of thiophene rings is 1. The Bertz CT molecular complexity index is 682. The fourth-order valence-corrected chi connectivity index (χ4v) is 3.63. The molecule has 0 radical (unpaired) electrons. The van der Waals surface area contributed by atoms with E-state index in [9.17, 15) is 9.59 Å². The molecule has 1 aliphatic rings. The van der Waals surface area contributed by atoms with Crippen LogP contribution in [0.15, 0.2) is 24.8 Å². The average molecular weight is 333 g/mol. The number of carbonyl (C=O) groups excluding carboxylic acids is 2. The lowest BCUT2D eigenvalue weighted by Gasteiger charge is -2.32. The van der Waals surface area contributed by atoms with Crippen LogP contribution in [0.25, 0.3) is 0 Å². The molecule has 0 spiro atoms. The SMILES string of the molecule is CC(=O)NCc1ccc(C(=O)N2CCC[C@@H](n3cncn3)C2)s1. The molecule has 1 N–H and O–H groups in total. The van der Waals surface area contributed by atoms with Gasteiger partial charge in [0, 0.05) is 24.9 Å². The quantitative estimate of drug-likeness (QED) is 0.918. The molecule has 0 bridgehead atoms. The van der Waals surface area contributed by atoms with Crippen LogP contribution in [0.3, 0.4) is 0 Å². The van der Waals surface area contributed by atoms with E-state index < -0.39 is 0 Å². The van der Waals surface area contributed by atoms with Crippen LogP contribution < -0.4 is 5.32 Å². The predicted octanol–water partition coefficient (Wildman–Crippen LogP) is 1.45. The average Bonchev–Trinajstić information content (AvgIpc) is 3.24. The highest BCUT2D eigenvalue weighted by Crippen LogP contribution is 2.24. The van der Waals surface area contributed by atoms with Gasteiger partial charge >= 0.3 is 0 Å². The maximum absolute atomic E-state index is 12.7. The van der Waals surface area contributed by atoms with Crippen molar-refractivity contribution in [1.29, 1.82) is 0 Å². The highest BCUT2D eigenvalue weighted by molar-refractivity contribution is 7.14. The number of hydrogen-bond donors (Lipinski definition) is 1. The molecule has 2 amide bonds. The second-order valence-corrected chi connectivity index (χ2v) is 6.77. The lowest BCUT2D eigenvalue weighted by molar-refractivity contribution is -0.119. The van der Waals surface area contributed by atoms with Gasteiger partial charge < -0.3 is 10.2 Å². The molecule has 23 heavy (non-hydrogen) atoms.